The van der Waals surface area contributed by atoms with E-state index in [4.69, 9.17) is 13.9 Å². The molecule has 1 saturated heterocycles. The second-order valence-corrected chi connectivity index (χ2v) is 7.72. The van der Waals surface area contributed by atoms with Crippen LogP contribution in [-0.2, 0) is 6.54 Å². The van der Waals surface area contributed by atoms with E-state index in [1.807, 2.05) is 29.5 Å². The molecule has 4 aromatic rings. The normalized spacial score (nSPS) is 18.5. The number of rotatable bonds is 4. The average molecular weight is 365 g/mol. The number of likely N-dealkylation sites (tertiary alicyclic amines) is 1. The van der Waals surface area contributed by atoms with Gasteiger partial charge in [-0.3, -0.25) is 4.90 Å². The highest BCUT2D eigenvalue weighted by Crippen LogP contribution is 2.36. The summed E-state index contributed by atoms with van der Waals surface area (Å²) >= 11 is 1.81. The fourth-order valence-electron chi connectivity index (χ4n) is 3.62. The molecule has 0 aliphatic carbocycles. The van der Waals surface area contributed by atoms with Crippen molar-refractivity contribution in [1.82, 2.24) is 15.0 Å². The fraction of sp³-hybridized carbons (Fsp3) is 0.300. The quantitative estimate of drug-likeness (QED) is 0.493. The molecule has 26 heavy (non-hydrogen) atoms. The molecule has 1 aromatic carbocycles. The van der Waals surface area contributed by atoms with Crippen molar-refractivity contribution in [2.24, 2.45) is 0 Å². The minimum Gasteiger partial charge on any atom is -0.461 e. The zero-order chi connectivity index (χ0) is 17.3. The number of fused-ring (bicyclic) bond motifs is 1. The molecular weight excluding hydrogens is 346 g/mol. The van der Waals surface area contributed by atoms with Crippen molar-refractivity contribution in [2.45, 2.75) is 31.8 Å². The van der Waals surface area contributed by atoms with E-state index in [1.165, 1.54) is 22.5 Å². The first kappa shape index (κ1) is 15.8. The van der Waals surface area contributed by atoms with Crippen LogP contribution in [0.25, 0.3) is 21.7 Å². The second-order valence-electron chi connectivity index (χ2n) is 6.66. The average Bonchev–Trinajstić information content (AvgIpc) is 3.42. The van der Waals surface area contributed by atoms with E-state index < -0.39 is 0 Å². The van der Waals surface area contributed by atoms with Crippen LogP contribution in [0.2, 0.25) is 0 Å². The van der Waals surface area contributed by atoms with E-state index >= 15 is 0 Å². The smallest absolute Gasteiger partial charge is 0.202 e. The number of benzene rings is 1. The summed E-state index contributed by atoms with van der Waals surface area (Å²) in [5, 5.41) is 5.45. The number of aromatic nitrogens is 2. The molecule has 0 amide bonds. The summed E-state index contributed by atoms with van der Waals surface area (Å²) in [6.07, 6.45) is 5.24. The zero-order valence-corrected chi connectivity index (χ0v) is 15.1. The summed E-state index contributed by atoms with van der Waals surface area (Å²) in [6, 6.07) is 14.4. The van der Waals surface area contributed by atoms with Crippen LogP contribution in [0.3, 0.4) is 0 Å². The number of nitrogens with zero attached hydrogens (tertiary/aromatic N) is 3. The highest BCUT2D eigenvalue weighted by Gasteiger charge is 2.27. The predicted octanol–water partition coefficient (Wildman–Crippen LogP) is 5.27. The predicted molar refractivity (Wildman–Crippen MR) is 101 cm³/mol. The largest absolute Gasteiger partial charge is 0.461 e. The van der Waals surface area contributed by atoms with E-state index in [-0.39, 0.29) is 0 Å². The molecule has 5 nitrogen and oxygen atoms in total. The summed E-state index contributed by atoms with van der Waals surface area (Å²) in [7, 11) is 0. The molecule has 1 unspecified atom stereocenters. The molecule has 0 bridgehead atoms. The Morgan fingerprint density at radius 1 is 1.12 bits per heavy atom. The van der Waals surface area contributed by atoms with Gasteiger partial charge in [0.25, 0.3) is 0 Å². The van der Waals surface area contributed by atoms with Gasteiger partial charge in [-0.25, -0.2) is 4.98 Å². The Bertz CT molecular complexity index is 972. The Kier molecular flexibility index (Phi) is 4.07. The van der Waals surface area contributed by atoms with Gasteiger partial charge in [0.1, 0.15) is 5.01 Å². The summed E-state index contributed by atoms with van der Waals surface area (Å²) in [5.41, 5.74) is 2.03. The second kappa shape index (κ2) is 6.70. The maximum atomic E-state index is 5.46. The molecule has 1 aliphatic rings. The van der Waals surface area contributed by atoms with Crippen molar-refractivity contribution in [3.05, 3.63) is 59.4 Å². The van der Waals surface area contributed by atoms with Crippen molar-refractivity contribution in [3.63, 3.8) is 0 Å². The Labute approximate surface area is 155 Å². The Morgan fingerprint density at radius 2 is 2.08 bits per heavy atom. The minimum atomic E-state index is 0.352. The Hall–Kier alpha value is -2.44. The number of para-hydroxylation sites is 1. The molecule has 0 radical (unpaired) electrons. The van der Waals surface area contributed by atoms with E-state index in [2.05, 4.69) is 34.3 Å². The van der Waals surface area contributed by atoms with Crippen LogP contribution in [0.1, 0.15) is 36.0 Å². The van der Waals surface area contributed by atoms with Gasteiger partial charge in [-0.05, 0) is 43.7 Å². The summed E-state index contributed by atoms with van der Waals surface area (Å²) < 4.78 is 12.1. The lowest BCUT2D eigenvalue weighted by atomic mass is 10.0. The third kappa shape index (κ3) is 2.95. The molecular formula is C20H19N3O2S. The maximum Gasteiger partial charge on any atom is 0.202 e. The van der Waals surface area contributed by atoms with Gasteiger partial charge < -0.3 is 8.94 Å². The third-order valence-corrected chi connectivity index (χ3v) is 6.03. The first-order valence-electron chi connectivity index (χ1n) is 8.96. The van der Waals surface area contributed by atoms with Gasteiger partial charge >= 0.3 is 0 Å². The first-order chi connectivity index (χ1) is 12.9. The van der Waals surface area contributed by atoms with E-state index in [0.717, 1.165) is 30.7 Å². The van der Waals surface area contributed by atoms with Gasteiger partial charge in [0.2, 0.25) is 5.76 Å². The Morgan fingerprint density at radius 3 is 2.96 bits per heavy atom. The van der Waals surface area contributed by atoms with E-state index in [1.54, 1.807) is 6.26 Å². The Balaban J connectivity index is 1.39. The molecule has 132 valence electrons. The van der Waals surface area contributed by atoms with Gasteiger partial charge in [0, 0.05) is 12.6 Å². The van der Waals surface area contributed by atoms with Crippen molar-refractivity contribution in [2.75, 3.05) is 6.54 Å². The highest BCUT2D eigenvalue weighted by molar-refractivity contribution is 7.18. The van der Waals surface area contributed by atoms with E-state index in [9.17, 15) is 0 Å². The van der Waals surface area contributed by atoms with Crippen molar-refractivity contribution >= 4 is 21.6 Å². The molecule has 6 heteroatoms. The molecule has 4 heterocycles. The maximum absolute atomic E-state index is 5.46. The minimum absolute atomic E-state index is 0.352. The van der Waals surface area contributed by atoms with Gasteiger partial charge in [-0.15, -0.1) is 11.3 Å². The molecule has 0 N–H and O–H groups in total. The topological polar surface area (TPSA) is 55.3 Å². The van der Waals surface area contributed by atoms with Crippen LogP contribution in [-0.4, -0.2) is 21.6 Å². The monoisotopic (exact) mass is 365 g/mol. The van der Waals surface area contributed by atoms with Gasteiger partial charge in [0.15, 0.2) is 5.76 Å². The van der Waals surface area contributed by atoms with Crippen LogP contribution in [0.4, 0.5) is 0 Å². The number of furan rings is 1. The SMILES string of the molecule is c1coc(-c2cc(CN3CCCCC3c3nc4ccccc4s3)no2)c1. The van der Waals surface area contributed by atoms with Gasteiger partial charge in [0.05, 0.1) is 28.2 Å². The number of piperidine rings is 1. The van der Waals surface area contributed by atoms with Crippen molar-refractivity contribution in [3.8, 4) is 11.5 Å². The summed E-state index contributed by atoms with van der Waals surface area (Å²) in [6.45, 7) is 1.83. The zero-order valence-electron chi connectivity index (χ0n) is 14.3. The van der Waals surface area contributed by atoms with Crippen LogP contribution in [0.5, 0.6) is 0 Å². The highest BCUT2D eigenvalue weighted by atomic mass is 32.1. The van der Waals surface area contributed by atoms with Crippen molar-refractivity contribution < 1.29 is 8.94 Å². The number of hydrogen-bond donors (Lipinski definition) is 0. The van der Waals surface area contributed by atoms with Gasteiger partial charge in [-0.1, -0.05) is 23.7 Å². The molecule has 5 rings (SSSR count). The molecule has 0 spiro atoms. The molecule has 1 fully saturated rings. The number of hydrogen-bond acceptors (Lipinski definition) is 6. The number of thiazole rings is 1. The molecule has 3 aromatic heterocycles. The van der Waals surface area contributed by atoms with Crippen LogP contribution in [0.15, 0.2) is 57.7 Å². The molecule has 0 saturated carbocycles. The van der Waals surface area contributed by atoms with Crippen molar-refractivity contribution in [1.29, 1.82) is 0 Å². The molecule has 1 atom stereocenters. The van der Waals surface area contributed by atoms with E-state index in [0.29, 0.717) is 17.6 Å². The van der Waals surface area contributed by atoms with Crippen LogP contribution in [0, 0.1) is 0 Å². The fourth-order valence-corrected chi connectivity index (χ4v) is 4.76. The lowest BCUT2D eigenvalue weighted by Crippen LogP contribution is -2.32. The van der Waals surface area contributed by atoms with Crippen LogP contribution >= 0.6 is 11.3 Å². The lowest BCUT2D eigenvalue weighted by Gasteiger charge is -2.33. The van der Waals surface area contributed by atoms with Crippen LogP contribution < -0.4 is 0 Å². The molecule has 1 aliphatic heterocycles. The summed E-state index contributed by atoms with van der Waals surface area (Å²) in [4.78, 5) is 7.37. The summed E-state index contributed by atoms with van der Waals surface area (Å²) in [5.74, 6) is 1.39. The lowest BCUT2D eigenvalue weighted by molar-refractivity contribution is 0.137. The first-order valence-corrected chi connectivity index (χ1v) is 9.77. The standard InChI is InChI=1S/C20H19N3O2S/c1-2-9-19-15(6-1)21-20(26-19)16-7-3-4-10-23(16)13-14-12-18(25-22-14)17-8-5-11-24-17/h1-2,5-6,8-9,11-12,16H,3-4,7,10,13H2. The van der Waals surface area contributed by atoms with Gasteiger partial charge in [-0.2, -0.15) is 0 Å². The third-order valence-electron chi connectivity index (χ3n) is 4.90.